The fourth-order valence-electron chi connectivity index (χ4n) is 0.197. The average molecular weight is 85.1 g/mol. The predicted molar refractivity (Wildman–Crippen MR) is 25.7 cm³/mol. The normalized spacial score (nSPS) is 10.3. The highest BCUT2D eigenvalue weighted by Crippen LogP contribution is 1.78. The van der Waals surface area contributed by atoms with Crippen molar-refractivity contribution in [2.45, 2.75) is 13.3 Å². The Kier molecular flexibility index (Phi) is 4.46. The van der Waals surface area contributed by atoms with Crippen molar-refractivity contribution >= 4 is 0 Å². The molecule has 0 aromatic carbocycles. The summed E-state index contributed by atoms with van der Waals surface area (Å²) in [5, 5.41) is 7.99. The van der Waals surface area contributed by atoms with Crippen LogP contribution in [-0.4, -0.2) is 5.11 Å². The molecule has 0 spiro atoms. The van der Waals surface area contributed by atoms with Gasteiger partial charge in [-0.2, -0.15) is 0 Å². The fraction of sp³-hybridized carbons (Fsp3) is 0.400. The van der Waals surface area contributed by atoms with Gasteiger partial charge >= 0.3 is 0 Å². The Morgan fingerprint density at radius 3 is 2.50 bits per heavy atom. The summed E-state index contributed by atoms with van der Waals surface area (Å²) in [6, 6.07) is 0. The number of aliphatic hydroxyl groups is 1. The number of aliphatic hydroxyl groups excluding tert-OH is 1. The Balaban J connectivity index is 2.73. The lowest BCUT2D eigenvalue weighted by Gasteiger charge is -1.71. The van der Waals surface area contributed by atoms with Gasteiger partial charge < -0.3 is 5.11 Å². The van der Waals surface area contributed by atoms with Gasteiger partial charge in [-0.05, 0) is 6.42 Å². The van der Waals surface area contributed by atoms with Crippen molar-refractivity contribution < 1.29 is 5.11 Å². The van der Waals surface area contributed by atoms with Crippen molar-refractivity contribution in [3.63, 3.8) is 0 Å². The second-order valence-corrected chi connectivity index (χ2v) is 0.985. The summed E-state index contributed by atoms with van der Waals surface area (Å²) in [5.41, 5.74) is 0. The molecule has 0 heterocycles. The first kappa shape index (κ1) is 5.70. The second-order valence-electron chi connectivity index (χ2n) is 0.985. The molecule has 1 N–H and O–H groups in total. The molecule has 0 amide bonds. The van der Waals surface area contributed by atoms with E-state index in [1.165, 1.54) is 0 Å². The molecule has 0 aliphatic rings. The molecular weight excluding hydrogens is 76.1 g/mol. The van der Waals surface area contributed by atoms with E-state index < -0.39 is 0 Å². The number of hydrogen-bond donors (Lipinski definition) is 1. The topological polar surface area (TPSA) is 20.2 Å². The maximum absolute atomic E-state index is 7.99. The molecule has 0 saturated carbocycles. The minimum Gasteiger partial charge on any atom is -0.386 e. The molecule has 1 nitrogen and oxygen atoms in total. The van der Waals surface area contributed by atoms with Gasteiger partial charge in [-0.3, -0.25) is 0 Å². The van der Waals surface area contributed by atoms with Crippen LogP contribution in [0.1, 0.15) is 13.3 Å². The van der Waals surface area contributed by atoms with Crippen LogP contribution in [0.25, 0.3) is 0 Å². The van der Waals surface area contributed by atoms with E-state index in [2.05, 4.69) is 0 Å². The maximum Gasteiger partial charge on any atom is 0.102 e. The number of hydrogen-bond acceptors (Lipinski definition) is 1. The zero-order chi connectivity index (χ0) is 4.83. The third-order valence-electron chi connectivity index (χ3n) is 0.458. The monoisotopic (exact) mass is 85.1 g/mol. The fourth-order valence-corrected chi connectivity index (χ4v) is 0.197. The van der Waals surface area contributed by atoms with Gasteiger partial charge in [-0.15, -0.1) is 0 Å². The van der Waals surface area contributed by atoms with Crippen molar-refractivity contribution in [1.82, 2.24) is 0 Å². The van der Waals surface area contributed by atoms with Gasteiger partial charge in [0.15, 0.2) is 0 Å². The Hall–Kier alpha value is -0.300. The first-order valence-electron chi connectivity index (χ1n) is 2.04. The summed E-state index contributed by atoms with van der Waals surface area (Å²) in [6.07, 6.45) is 4.47. The largest absolute Gasteiger partial charge is 0.386 e. The molecule has 0 bridgehead atoms. The van der Waals surface area contributed by atoms with Crippen LogP contribution in [0.3, 0.4) is 0 Å². The average Bonchev–Trinajstić information content (AvgIpc) is 1.61. The Morgan fingerprint density at radius 2 is 2.33 bits per heavy atom. The van der Waals surface area contributed by atoms with Crippen LogP contribution in [0.15, 0.2) is 12.2 Å². The summed E-state index contributed by atoms with van der Waals surface area (Å²) in [6.45, 7) is 3.05. The molecule has 0 aliphatic carbocycles. The van der Waals surface area contributed by atoms with Crippen LogP contribution in [-0.2, 0) is 0 Å². The maximum atomic E-state index is 7.99. The molecular formula is C5H9O. The van der Waals surface area contributed by atoms with E-state index in [4.69, 9.17) is 5.11 Å². The first-order chi connectivity index (χ1) is 2.91. The minimum absolute atomic E-state index is 0.983. The van der Waals surface area contributed by atoms with Crippen LogP contribution in [0, 0.1) is 6.61 Å². The van der Waals surface area contributed by atoms with Crippen molar-refractivity contribution in [2.75, 3.05) is 0 Å². The van der Waals surface area contributed by atoms with E-state index >= 15 is 0 Å². The van der Waals surface area contributed by atoms with Crippen LogP contribution in [0.5, 0.6) is 0 Å². The van der Waals surface area contributed by atoms with E-state index in [9.17, 15) is 0 Å². The van der Waals surface area contributed by atoms with Crippen LogP contribution in [0.4, 0.5) is 0 Å². The Bertz CT molecular complexity index is 33.2. The first-order valence-corrected chi connectivity index (χ1v) is 2.04. The van der Waals surface area contributed by atoms with E-state index in [0.717, 1.165) is 13.0 Å². The molecule has 1 radical (unpaired) electrons. The van der Waals surface area contributed by atoms with Crippen molar-refractivity contribution in [3.05, 3.63) is 18.8 Å². The molecule has 0 unspecified atom stereocenters. The minimum atomic E-state index is 0.983. The standard InChI is InChI=1S/C5H9O/c1-2-3-4-5-6/h3-6H,2H2,1H3. The molecule has 1 heteroatoms. The lowest BCUT2D eigenvalue weighted by molar-refractivity contribution is 0.420. The van der Waals surface area contributed by atoms with Crippen molar-refractivity contribution in [2.24, 2.45) is 0 Å². The SMILES string of the molecule is CCC=C[CH]O. The number of allylic oxidation sites excluding steroid dienone is 1. The van der Waals surface area contributed by atoms with E-state index in [0.29, 0.717) is 0 Å². The molecule has 0 rings (SSSR count). The molecule has 35 valence electrons. The summed E-state index contributed by atoms with van der Waals surface area (Å²) < 4.78 is 0. The van der Waals surface area contributed by atoms with Gasteiger partial charge in [0.05, 0.1) is 0 Å². The molecule has 0 saturated heterocycles. The van der Waals surface area contributed by atoms with Crippen molar-refractivity contribution in [1.29, 1.82) is 0 Å². The third kappa shape index (κ3) is 3.70. The molecule has 0 aromatic rings. The van der Waals surface area contributed by atoms with Gasteiger partial charge in [0.25, 0.3) is 0 Å². The van der Waals surface area contributed by atoms with Crippen LogP contribution < -0.4 is 0 Å². The molecule has 6 heavy (non-hydrogen) atoms. The van der Waals surface area contributed by atoms with Crippen LogP contribution >= 0.6 is 0 Å². The zero-order valence-electron chi connectivity index (χ0n) is 3.89. The summed E-state index contributed by atoms with van der Waals surface area (Å²) in [7, 11) is 0. The summed E-state index contributed by atoms with van der Waals surface area (Å²) >= 11 is 0. The van der Waals surface area contributed by atoms with Crippen LogP contribution in [0.2, 0.25) is 0 Å². The Labute approximate surface area is 38.3 Å². The van der Waals surface area contributed by atoms with Gasteiger partial charge in [0.2, 0.25) is 0 Å². The van der Waals surface area contributed by atoms with Gasteiger partial charge in [-0.1, -0.05) is 19.1 Å². The molecule has 0 atom stereocenters. The van der Waals surface area contributed by atoms with E-state index in [1.54, 1.807) is 6.08 Å². The quantitative estimate of drug-likeness (QED) is 0.538. The van der Waals surface area contributed by atoms with Gasteiger partial charge in [0.1, 0.15) is 6.61 Å². The number of rotatable bonds is 2. The highest BCUT2D eigenvalue weighted by Gasteiger charge is 1.61. The van der Waals surface area contributed by atoms with E-state index in [-0.39, 0.29) is 0 Å². The molecule has 0 aromatic heterocycles. The van der Waals surface area contributed by atoms with E-state index in [1.807, 2.05) is 13.0 Å². The lowest BCUT2D eigenvalue weighted by atomic mass is 10.4. The zero-order valence-corrected chi connectivity index (χ0v) is 3.89. The predicted octanol–water partition coefficient (Wildman–Crippen LogP) is 1.49. The Morgan fingerprint density at radius 1 is 1.67 bits per heavy atom. The van der Waals surface area contributed by atoms with Crippen molar-refractivity contribution in [3.8, 4) is 0 Å². The van der Waals surface area contributed by atoms with Gasteiger partial charge in [-0.25, -0.2) is 0 Å². The highest BCUT2D eigenvalue weighted by atomic mass is 16.2. The second kappa shape index (κ2) is 4.70. The summed E-state index contributed by atoms with van der Waals surface area (Å²) in [5.74, 6) is 0. The van der Waals surface area contributed by atoms with Gasteiger partial charge in [0, 0.05) is 0 Å². The molecule has 0 fully saturated rings. The highest BCUT2D eigenvalue weighted by molar-refractivity contribution is 4.86. The summed E-state index contributed by atoms with van der Waals surface area (Å²) in [4.78, 5) is 0. The third-order valence-corrected chi connectivity index (χ3v) is 0.458. The lowest BCUT2D eigenvalue weighted by Crippen LogP contribution is -1.57. The smallest absolute Gasteiger partial charge is 0.102 e. The molecule has 0 aliphatic heterocycles.